The van der Waals surface area contributed by atoms with E-state index in [0.29, 0.717) is 35.8 Å². The molecule has 138 valence electrons. The summed E-state index contributed by atoms with van der Waals surface area (Å²) in [5, 5.41) is 2.81. The van der Waals surface area contributed by atoms with Crippen LogP contribution < -0.4 is 14.8 Å². The maximum atomic E-state index is 12.2. The lowest BCUT2D eigenvalue weighted by Crippen LogP contribution is -2.20. The van der Waals surface area contributed by atoms with E-state index in [4.69, 9.17) is 9.47 Å². The zero-order chi connectivity index (χ0) is 18.9. The van der Waals surface area contributed by atoms with E-state index in [2.05, 4.69) is 5.32 Å². The number of ether oxygens (including phenoxy) is 2. The quantitative estimate of drug-likeness (QED) is 0.677. The number of nitrogens with one attached hydrogen (secondary N) is 1. The molecule has 0 spiro atoms. The van der Waals surface area contributed by atoms with E-state index >= 15 is 0 Å². The van der Waals surface area contributed by atoms with Crippen molar-refractivity contribution in [1.82, 2.24) is 0 Å². The van der Waals surface area contributed by atoms with Gasteiger partial charge in [0.25, 0.3) is 5.91 Å². The third-order valence-electron chi connectivity index (χ3n) is 3.74. The second kappa shape index (κ2) is 9.61. The second-order valence-electron chi connectivity index (χ2n) is 5.99. The molecular formula is C21H25NO4. The minimum atomic E-state index is -0.274. The number of Topliss-reactive ketones (excluding diaryl/α,β-unsaturated/α-hetero) is 1. The Labute approximate surface area is 154 Å². The van der Waals surface area contributed by atoms with E-state index in [1.54, 1.807) is 24.3 Å². The molecule has 2 aromatic carbocycles. The van der Waals surface area contributed by atoms with Gasteiger partial charge in [0.1, 0.15) is 11.5 Å². The van der Waals surface area contributed by atoms with Gasteiger partial charge < -0.3 is 14.8 Å². The molecule has 0 unspecified atom stereocenters. The molecule has 0 saturated carbocycles. The first-order valence-electron chi connectivity index (χ1n) is 8.82. The van der Waals surface area contributed by atoms with Crippen molar-refractivity contribution in [2.24, 2.45) is 0 Å². The predicted octanol–water partition coefficient (Wildman–Crippen LogP) is 4.39. The smallest absolute Gasteiger partial charge is 0.262 e. The molecule has 5 heteroatoms. The first-order valence-corrected chi connectivity index (χ1v) is 8.82. The van der Waals surface area contributed by atoms with Gasteiger partial charge in [-0.1, -0.05) is 19.9 Å². The van der Waals surface area contributed by atoms with Crippen LogP contribution in [0.2, 0.25) is 0 Å². The molecule has 1 N–H and O–H groups in total. The maximum absolute atomic E-state index is 12.2. The number of rotatable bonds is 9. The Morgan fingerprint density at radius 2 is 1.73 bits per heavy atom. The van der Waals surface area contributed by atoms with E-state index in [-0.39, 0.29) is 18.3 Å². The normalized spacial score (nSPS) is 10.3. The molecule has 0 bridgehead atoms. The zero-order valence-corrected chi connectivity index (χ0v) is 15.5. The van der Waals surface area contributed by atoms with Crippen molar-refractivity contribution in [1.29, 1.82) is 0 Å². The lowest BCUT2D eigenvalue weighted by Gasteiger charge is -2.13. The van der Waals surface area contributed by atoms with Gasteiger partial charge >= 0.3 is 0 Å². The molecule has 2 rings (SSSR count). The molecule has 5 nitrogen and oxygen atoms in total. The van der Waals surface area contributed by atoms with Gasteiger partial charge in [0.05, 0.1) is 12.3 Å². The van der Waals surface area contributed by atoms with Gasteiger partial charge in [-0.2, -0.15) is 0 Å². The number of amides is 1. The Hall–Kier alpha value is -2.82. The molecule has 26 heavy (non-hydrogen) atoms. The van der Waals surface area contributed by atoms with Crippen LogP contribution in [0.3, 0.4) is 0 Å². The molecule has 0 saturated heterocycles. The molecule has 0 aliphatic rings. The van der Waals surface area contributed by atoms with Crippen molar-refractivity contribution in [3.05, 3.63) is 53.6 Å². The highest BCUT2D eigenvalue weighted by molar-refractivity contribution is 5.96. The second-order valence-corrected chi connectivity index (χ2v) is 5.99. The zero-order valence-electron chi connectivity index (χ0n) is 15.5. The van der Waals surface area contributed by atoms with Crippen LogP contribution in [-0.2, 0) is 4.79 Å². The van der Waals surface area contributed by atoms with Crippen LogP contribution in [0, 0.1) is 6.92 Å². The average Bonchev–Trinajstić information content (AvgIpc) is 2.66. The largest absolute Gasteiger partial charge is 0.491 e. The molecule has 0 fully saturated rings. The van der Waals surface area contributed by atoms with Crippen LogP contribution in [0.4, 0.5) is 5.69 Å². The van der Waals surface area contributed by atoms with Crippen molar-refractivity contribution in [2.45, 2.75) is 33.6 Å². The minimum absolute atomic E-state index is 0.0771. The lowest BCUT2D eigenvalue weighted by molar-refractivity contribution is -0.118. The molecule has 0 atom stereocenters. The highest BCUT2D eigenvalue weighted by Gasteiger charge is 2.10. The fourth-order valence-corrected chi connectivity index (χ4v) is 2.34. The van der Waals surface area contributed by atoms with Gasteiger partial charge in [-0.25, -0.2) is 0 Å². The summed E-state index contributed by atoms with van der Waals surface area (Å²) >= 11 is 0. The van der Waals surface area contributed by atoms with E-state index in [1.807, 2.05) is 39.0 Å². The van der Waals surface area contributed by atoms with Crippen molar-refractivity contribution in [3.8, 4) is 11.5 Å². The van der Waals surface area contributed by atoms with E-state index in [0.717, 1.165) is 12.0 Å². The monoisotopic (exact) mass is 355 g/mol. The van der Waals surface area contributed by atoms with Crippen molar-refractivity contribution in [3.63, 3.8) is 0 Å². The van der Waals surface area contributed by atoms with Crippen LogP contribution in [0.15, 0.2) is 42.5 Å². The number of benzene rings is 2. The molecule has 1 amide bonds. The van der Waals surface area contributed by atoms with E-state index in [1.165, 1.54) is 0 Å². The molecule has 2 aromatic rings. The number of hydrogen-bond donors (Lipinski definition) is 1. The van der Waals surface area contributed by atoms with Crippen LogP contribution in [-0.4, -0.2) is 24.9 Å². The Morgan fingerprint density at radius 3 is 2.38 bits per heavy atom. The first kappa shape index (κ1) is 19.5. The topological polar surface area (TPSA) is 64.6 Å². The van der Waals surface area contributed by atoms with Gasteiger partial charge in [-0.15, -0.1) is 0 Å². The Morgan fingerprint density at radius 1 is 1.00 bits per heavy atom. The van der Waals surface area contributed by atoms with Gasteiger partial charge in [0, 0.05) is 12.0 Å². The summed E-state index contributed by atoms with van der Waals surface area (Å²) in [5.74, 6) is 0.999. The predicted molar refractivity (Wildman–Crippen MR) is 102 cm³/mol. The number of carbonyl (C=O) groups excluding carboxylic acids is 2. The average molecular weight is 355 g/mol. The number of carbonyl (C=O) groups is 2. The molecule has 0 radical (unpaired) electrons. The molecular weight excluding hydrogens is 330 g/mol. The number of aryl methyl sites for hydroxylation is 1. The van der Waals surface area contributed by atoms with Crippen LogP contribution in [0.25, 0.3) is 0 Å². The molecule has 0 aliphatic heterocycles. The van der Waals surface area contributed by atoms with Crippen LogP contribution in [0.1, 0.15) is 42.6 Å². The summed E-state index contributed by atoms with van der Waals surface area (Å²) in [6.45, 7) is 6.29. The van der Waals surface area contributed by atoms with Gasteiger partial charge in [0.2, 0.25) is 0 Å². The molecule has 0 heterocycles. The Balaban J connectivity index is 1.93. The molecule has 0 aliphatic carbocycles. The summed E-state index contributed by atoms with van der Waals surface area (Å²) < 4.78 is 11.2. The van der Waals surface area contributed by atoms with E-state index in [9.17, 15) is 9.59 Å². The van der Waals surface area contributed by atoms with Crippen LogP contribution >= 0.6 is 0 Å². The SMILES string of the molecule is CCCOc1cc(C)ccc1NC(=O)COc1ccc(C(=O)CC)cc1. The summed E-state index contributed by atoms with van der Waals surface area (Å²) in [6, 6.07) is 12.4. The third kappa shape index (κ3) is 5.62. The van der Waals surface area contributed by atoms with Crippen molar-refractivity contribution in [2.75, 3.05) is 18.5 Å². The minimum Gasteiger partial charge on any atom is -0.491 e. The lowest BCUT2D eigenvalue weighted by atomic mass is 10.1. The Kier molecular flexibility index (Phi) is 7.21. The highest BCUT2D eigenvalue weighted by atomic mass is 16.5. The third-order valence-corrected chi connectivity index (χ3v) is 3.74. The van der Waals surface area contributed by atoms with Gasteiger partial charge in [-0.05, 0) is 55.3 Å². The van der Waals surface area contributed by atoms with Crippen molar-refractivity contribution >= 4 is 17.4 Å². The Bertz CT molecular complexity index is 753. The van der Waals surface area contributed by atoms with Gasteiger partial charge in [-0.3, -0.25) is 9.59 Å². The number of ketones is 1. The van der Waals surface area contributed by atoms with E-state index < -0.39 is 0 Å². The number of hydrogen-bond acceptors (Lipinski definition) is 4. The summed E-state index contributed by atoms with van der Waals surface area (Å²) in [5.41, 5.74) is 2.33. The fraction of sp³-hybridized carbons (Fsp3) is 0.333. The first-order chi connectivity index (χ1) is 12.5. The standard InChI is InChI=1S/C21H25NO4/c1-4-12-25-20-13-15(3)6-11-18(20)22-21(24)14-26-17-9-7-16(8-10-17)19(23)5-2/h6-11,13H,4-5,12,14H2,1-3H3,(H,22,24). The summed E-state index contributed by atoms with van der Waals surface area (Å²) in [4.78, 5) is 23.8. The summed E-state index contributed by atoms with van der Waals surface area (Å²) in [7, 11) is 0. The maximum Gasteiger partial charge on any atom is 0.262 e. The summed E-state index contributed by atoms with van der Waals surface area (Å²) in [6.07, 6.45) is 1.35. The highest BCUT2D eigenvalue weighted by Crippen LogP contribution is 2.26. The fourth-order valence-electron chi connectivity index (χ4n) is 2.34. The van der Waals surface area contributed by atoms with Crippen LogP contribution in [0.5, 0.6) is 11.5 Å². The molecule has 0 aromatic heterocycles. The van der Waals surface area contributed by atoms with Crippen molar-refractivity contribution < 1.29 is 19.1 Å². The number of anilines is 1. The van der Waals surface area contributed by atoms with Gasteiger partial charge in [0.15, 0.2) is 12.4 Å².